The van der Waals surface area contributed by atoms with Crippen LogP contribution in [-0.4, -0.2) is 82.6 Å². The second-order valence-corrected chi connectivity index (χ2v) is 10.6. The van der Waals surface area contributed by atoms with Crippen molar-refractivity contribution in [1.29, 1.82) is 10.5 Å². The summed E-state index contributed by atoms with van der Waals surface area (Å²) in [7, 11) is 5.61. The normalized spacial score (nSPS) is 12.4. The Morgan fingerprint density at radius 2 is 1.83 bits per heavy atom. The van der Waals surface area contributed by atoms with E-state index in [4.69, 9.17) is 10.5 Å². The Kier molecular flexibility index (Phi) is 8.48. The number of H-pyrrole nitrogens is 1. The van der Waals surface area contributed by atoms with Gasteiger partial charge in [0.15, 0.2) is 0 Å². The van der Waals surface area contributed by atoms with Gasteiger partial charge in [-0.15, -0.1) is 0 Å². The topological polar surface area (TPSA) is 114 Å². The zero-order valence-corrected chi connectivity index (χ0v) is 17.5. The van der Waals surface area contributed by atoms with Crippen LogP contribution in [0.5, 0.6) is 0 Å². The van der Waals surface area contributed by atoms with Crippen molar-refractivity contribution in [1.82, 2.24) is 9.97 Å². The van der Waals surface area contributed by atoms with Crippen molar-refractivity contribution >= 4 is 45.2 Å². The summed E-state index contributed by atoms with van der Waals surface area (Å²) in [6.45, 7) is 0. The van der Waals surface area contributed by atoms with Gasteiger partial charge in [-0.1, -0.05) is 0 Å². The molecule has 0 spiro atoms. The fourth-order valence-electron chi connectivity index (χ4n) is 1.97. The number of nitriles is 2. The van der Waals surface area contributed by atoms with Crippen molar-refractivity contribution in [2.45, 2.75) is 35.9 Å². The minimum atomic E-state index is -0.830. The zero-order chi connectivity index (χ0) is 18.2. The first kappa shape index (κ1) is 20.7. The van der Waals surface area contributed by atoms with Crippen LogP contribution in [0.1, 0.15) is 18.5 Å². The fraction of sp³-hybridized carbons (Fsp3) is 0.600. The third-order valence-electron chi connectivity index (χ3n) is 3.24. The Bertz CT molecular complexity index is 640. The van der Waals surface area contributed by atoms with E-state index in [1.807, 2.05) is 21.1 Å². The van der Waals surface area contributed by atoms with Crippen LogP contribution in [-0.2, 0) is 11.2 Å². The summed E-state index contributed by atoms with van der Waals surface area (Å²) in [6, 6.07) is 3.71. The summed E-state index contributed by atoms with van der Waals surface area (Å²) in [6.07, 6.45) is 1.38. The van der Waals surface area contributed by atoms with Crippen LogP contribution in [0.25, 0.3) is 0 Å². The molecule has 24 heavy (non-hydrogen) atoms. The van der Waals surface area contributed by atoms with E-state index in [2.05, 4.69) is 22.1 Å². The van der Waals surface area contributed by atoms with Crippen molar-refractivity contribution in [3.63, 3.8) is 0 Å². The Morgan fingerprint density at radius 3 is 2.33 bits per heavy atom. The van der Waals surface area contributed by atoms with Crippen LogP contribution in [0.2, 0.25) is 10.6 Å². The van der Waals surface area contributed by atoms with E-state index < -0.39 is 12.0 Å². The van der Waals surface area contributed by atoms with Crippen molar-refractivity contribution in [2.75, 3.05) is 21.1 Å². The summed E-state index contributed by atoms with van der Waals surface area (Å²) in [5.74, 6) is -0.830. The molecule has 1 aromatic rings. The number of aliphatic carboxylic acids is 1. The van der Waals surface area contributed by atoms with Gasteiger partial charge in [0.2, 0.25) is 0 Å². The van der Waals surface area contributed by atoms with Crippen molar-refractivity contribution in [3.05, 3.63) is 5.69 Å². The number of aromatic amines is 1. The van der Waals surface area contributed by atoms with Gasteiger partial charge in [-0.3, -0.25) is 0 Å². The van der Waals surface area contributed by atoms with Crippen molar-refractivity contribution in [2.24, 2.45) is 0 Å². The van der Waals surface area contributed by atoms with Crippen molar-refractivity contribution < 1.29 is 14.4 Å². The van der Waals surface area contributed by atoms with E-state index >= 15 is 0 Å². The number of carboxylic acid groups (broad SMARTS) is 1. The maximum absolute atomic E-state index is 11.6. The van der Waals surface area contributed by atoms with Gasteiger partial charge in [-0.05, 0) is 0 Å². The third-order valence-corrected chi connectivity index (χ3v) is 7.22. The standard InChI is InChI=1S/C15H21N5O2Se2/c1-20(2,3)12(14(21)22)10-11-13(23-8-4-6-16)19-15(18-11)24-9-5-7-17/h12H,4-5,8-10H2,1-3H3,(H-,18,19,21,22)/p+1. The summed E-state index contributed by atoms with van der Waals surface area (Å²) in [5, 5.41) is 28.5. The first-order chi connectivity index (χ1) is 11.3. The number of carbonyl (C=O) groups is 1. The van der Waals surface area contributed by atoms with E-state index in [0.29, 0.717) is 23.7 Å². The molecule has 1 rings (SSSR count). The Hall–Kier alpha value is -1.34. The van der Waals surface area contributed by atoms with E-state index in [1.165, 1.54) is 0 Å². The fourth-order valence-corrected chi connectivity index (χ4v) is 5.60. The van der Waals surface area contributed by atoms with Gasteiger partial charge in [0.05, 0.1) is 0 Å². The molecule has 0 amide bonds. The molecule has 0 radical (unpaired) electrons. The van der Waals surface area contributed by atoms with Gasteiger partial charge in [0.1, 0.15) is 0 Å². The first-order valence-electron chi connectivity index (χ1n) is 7.42. The average molecular weight is 462 g/mol. The van der Waals surface area contributed by atoms with Crippen LogP contribution < -0.4 is 9.32 Å². The van der Waals surface area contributed by atoms with Crippen LogP contribution in [0.3, 0.4) is 0 Å². The van der Waals surface area contributed by atoms with Gasteiger partial charge in [-0.25, -0.2) is 0 Å². The number of aromatic nitrogens is 2. The second kappa shape index (κ2) is 9.83. The number of quaternary nitrogens is 1. The number of nitrogens with zero attached hydrogens (tertiary/aromatic N) is 4. The molecule has 1 heterocycles. The van der Waals surface area contributed by atoms with E-state index in [0.717, 1.165) is 25.6 Å². The average Bonchev–Trinajstić information content (AvgIpc) is 2.86. The molecule has 0 aromatic carbocycles. The van der Waals surface area contributed by atoms with Gasteiger partial charge in [0, 0.05) is 0 Å². The Morgan fingerprint density at radius 1 is 1.25 bits per heavy atom. The number of likely N-dealkylation sites (N-methyl/N-ethyl adjacent to an activating group) is 1. The first-order valence-corrected chi connectivity index (χ1v) is 11.6. The number of nitrogens with one attached hydrogen (secondary N) is 1. The zero-order valence-electron chi connectivity index (χ0n) is 14.1. The molecule has 0 saturated carbocycles. The summed E-state index contributed by atoms with van der Waals surface area (Å²) in [4.78, 5) is 19.5. The molecule has 0 aliphatic rings. The van der Waals surface area contributed by atoms with E-state index in [1.54, 1.807) is 0 Å². The molecular formula is C15H22N5O2Se2+. The molecule has 1 aromatic heterocycles. The predicted molar refractivity (Wildman–Crippen MR) is 92.6 cm³/mol. The SMILES string of the molecule is C[N+](C)(C)C(Cc1[nH]c([Se]CCC#N)nc1[Se]CCC#N)C(=O)O. The molecule has 0 aliphatic carbocycles. The number of rotatable bonds is 10. The molecule has 9 heteroatoms. The maximum atomic E-state index is 11.6. The van der Waals surface area contributed by atoms with Crippen molar-refractivity contribution in [3.8, 4) is 12.1 Å². The quantitative estimate of drug-likeness (QED) is 0.275. The second-order valence-electron chi connectivity index (χ2n) is 6.01. The summed E-state index contributed by atoms with van der Waals surface area (Å²) < 4.78 is 2.12. The van der Waals surface area contributed by atoms with Crippen LogP contribution in [0, 0.1) is 22.7 Å². The monoisotopic (exact) mass is 464 g/mol. The third kappa shape index (κ3) is 6.65. The minimum absolute atomic E-state index is 0.0546. The van der Waals surface area contributed by atoms with Gasteiger partial charge in [0.25, 0.3) is 0 Å². The number of hydrogen-bond donors (Lipinski definition) is 2. The molecule has 1 atom stereocenters. The Labute approximate surface area is 155 Å². The van der Waals surface area contributed by atoms with Crippen LogP contribution in [0.15, 0.2) is 0 Å². The van der Waals surface area contributed by atoms with E-state index in [-0.39, 0.29) is 29.9 Å². The van der Waals surface area contributed by atoms with Gasteiger partial charge in [-0.2, -0.15) is 0 Å². The Balaban J connectivity index is 2.97. The molecule has 130 valence electrons. The molecule has 1 unspecified atom stereocenters. The molecule has 0 aliphatic heterocycles. The summed E-state index contributed by atoms with van der Waals surface area (Å²) in [5.41, 5.74) is 0.877. The molecule has 0 bridgehead atoms. The molecule has 7 nitrogen and oxygen atoms in total. The van der Waals surface area contributed by atoms with Gasteiger partial charge < -0.3 is 0 Å². The molecule has 0 saturated heterocycles. The van der Waals surface area contributed by atoms with Crippen LogP contribution >= 0.6 is 0 Å². The number of carboxylic acids is 1. The van der Waals surface area contributed by atoms with E-state index in [9.17, 15) is 9.90 Å². The number of imidazole rings is 1. The van der Waals surface area contributed by atoms with Gasteiger partial charge >= 0.3 is 155 Å². The summed E-state index contributed by atoms with van der Waals surface area (Å²) >= 11 is 0.141. The molecule has 2 N–H and O–H groups in total. The predicted octanol–water partition coefficient (Wildman–Crippen LogP) is -0.565. The number of hydrogen-bond acceptors (Lipinski definition) is 4. The molecular weight excluding hydrogens is 440 g/mol. The molecule has 0 fully saturated rings. The van der Waals surface area contributed by atoms with Crippen LogP contribution in [0.4, 0.5) is 0 Å².